The molecule has 0 fully saturated rings. The van der Waals surface area contributed by atoms with Gasteiger partial charge in [0.05, 0.1) is 10.0 Å². The van der Waals surface area contributed by atoms with Crippen LogP contribution in [-0.4, -0.2) is 5.75 Å². The van der Waals surface area contributed by atoms with E-state index >= 15 is 0 Å². The minimum Gasteiger partial charge on any atom is -0.399 e. The third-order valence-electron chi connectivity index (χ3n) is 1.31. The highest BCUT2D eigenvalue weighted by Gasteiger charge is 2.06. The molecule has 0 saturated carbocycles. The van der Waals surface area contributed by atoms with Crippen LogP contribution in [0.2, 0.25) is 10.0 Å². The molecule has 4 heteroatoms. The van der Waals surface area contributed by atoms with Crippen LogP contribution in [0.4, 0.5) is 5.69 Å². The maximum absolute atomic E-state index is 5.93. The average molecular weight is 222 g/mol. The molecule has 0 aliphatic heterocycles. The highest BCUT2D eigenvalue weighted by molar-refractivity contribution is 7.99. The number of anilines is 1. The van der Waals surface area contributed by atoms with Crippen LogP contribution in [0.3, 0.4) is 0 Å². The summed E-state index contributed by atoms with van der Waals surface area (Å²) in [6, 6.07) is 3.43. The Bertz CT molecular complexity index is 265. The van der Waals surface area contributed by atoms with E-state index in [0.29, 0.717) is 15.7 Å². The van der Waals surface area contributed by atoms with Crippen LogP contribution in [0.25, 0.3) is 0 Å². The molecule has 0 heterocycles. The van der Waals surface area contributed by atoms with E-state index in [4.69, 9.17) is 28.9 Å². The van der Waals surface area contributed by atoms with Crippen molar-refractivity contribution in [1.82, 2.24) is 0 Å². The molecule has 12 heavy (non-hydrogen) atoms. The van der Waals surface area contributed by atoms with Gasteiger partial charge in [-0.15, -0.1) is 11.8 Å². The summed E-state index contributed by atoms with van der Waals surface area (Å²) in [7, 11) is 0. The molecular weight excluding hydrogens is 213 g/mol. The van der Waals surface area contributed by atoms with Gasteiger partial charge in [0, 0.05) is 10.6 Å². The molecule has 0 aliphatic rings. The highest BCUT2D eigenvalue weighted by atomic mass is 35.5. The van der Waals surface area contributed by atoms with E-state index in [1.807, 2.05) is 6.92 Å². The van der Waals surface area contributed by atoms with E-state index in [-0.39, 0.29) is 0 Å². The first-order valence-electron chi connectivity index (χ1n) is 3.52. The van der Waals surface area contributed by atoms with Crippen molar-refractivity contribution in [3.63, 3.8) is 0 Å². The summed E-state index contributed by atoms with van der Waals surface area (Å²) in [5, 5.41) is 1.26. The van der Waals surface area contributed by atoms with Gasteiger partial charge in [-0.1, -0.05) is 30.1 Å². The molecule has 0 saturated heterocycles. The van der Waals surface area contributed by atoms with Crippen molar-refractivity contribution >= 4 is 40.7 Å². The molecule has 2 N–H and O–H groups in total. The number of rotatable bonds is 2. The maximum Gasteiger partial charge on any atom is 0.0577 e. The summed E-state index contributed by atoms with van der Waals surface area (Å²) in [4.78, 5) is 0.912. The fourth-order valence-electron chi connectivity index (χ4n) is 0.862. The van der Waals surface area contributed by atoms with Gasteiger partial charge in [0.1, 0.15) is 0 Å². The van der Waals surface area contributed by atoms with Crippen molar-refractivity contribution in [3.8, 4) is 0 Å². The summed E-state index contributed by atoms with van der Waals surface area (Å²) in [5.74, 6) is 0.948. The summed E-state index contributed by atoms with van der Waals surface area (Å²) in [6.45, 7) is 2.05. The zero-order valence-electron chi connectivity index (χ0n) is 6.60. The Kier molecular flexibility index (Phi) is 3.56. The lowest BCUT2D eigenvalue weighted by Gasteiger charge is -2.05. The van der Waals surface area contributed by atoms with E-state index < -0.39 is 0 Å². The minimum absolute atomic E-state index is 0.602. The molecule has 1 nitrogen and oxygen atoms in total. The number of hydrogen-bond acceptors (Lipinski definition) is 2. The van der Waals surface area contributed by atoms with E-state index in [2.05, 4.69) is 0 Å². The Labute approximate surface area is 86.2 Å². The van der Waals surface area contributed by atoms with Crippen molar-refractivity contribution in [2.45, 2.75) is 11.8 Å². The van der Waals surface area contributed by atoms with Crippen molar-refractivity contribution in [1.29, 1.82) is 0 Å². The number of benzene rings is 1. The SMILES string of the molecule is CCSc1c(Cl)cc(N)cc1Cl. The quantitative estimate of drug-likeness (QED) is 0.610. The minimum atomic E-state index is 0.602. The van der Waals surface area contributed by atoms with Crippen LogP contribution >= 0.6 is 35.0 Å². The lowest BCUT2D eigenvalue weighted by atomic mass is 10.3. The fourth-order valence-corrected chi connectivity index (χ4v) is 2.38. The predicted octanol–water partition coefficient (Wildman–Crippen LogP) is 3.69. The molecule has 1 rings (SSSR count). The molecule has 1 aromatic carbocycles. The summed E-state index contributed by atoms with van der Waals surface area (Å²) in [6.07, 6.45) is 0. The largest absolute Gasteiger partial charge is 0.399 e. The Morgan fingerprint density at radius 3 is 2.25 bits per heavy atom. The third-order valence-corrected chi connectivity index (χ3v) is 3.15. The van der Waals surface area contributed by atoms with Crippen LogP contribution in [0.1, 0.15) is 6.92 Å². The van der Waals surface area contributed by atoms with Gasteiger partial charge in [0.25, 0.3) is 0 Å². The summed E-state index contributed by atoms with van der Waals surface area (Å²) in [5.41, 5.74) is 6.15. The van der Waals surface area contributed by atoms with Gasteiger partial charge in [-0.05, 0) is 17.9 Å². The van der Waals surface area contributed by atoms with Crippen molar-refractivity contribution in [2.75, 3.05) is 11.5 Å². The number of halogens is 2. The molecule has 0 atom stereocenters. The van der Waals surface area contributed by atoms with Gasteiger partial charge in [-0.3, -0.25) is 0 Å². The Hall–Kier alpha value is -0.0500. The first-order chi connectivity index (χ1) is 5.65. The first kappa shape index (κ1) is 10.0. The second-order valence-electron chi connectivity index (χ2n) is 2.25. The molecule has 0 bridgehead atoms. The van der Waals surface area contributed by atoms with Crippen molar-refractivity contribution in [3.05, 3.63) is 22.2 Å². The van der Waals surface area contributed by atoms with Gasteiger partial charge in [-0.25, -0.2) is 0 Å². The second kappa shape index (κ2) is 4.26. The number of nitrogens with two attached hydrogens (primary N) is 1. The molecule has 0 radical (unpaired) electrons. The van der Waals surface area contributed by atoms with Crippen LogP contribution in [0, 0.1) is 0 Å². The third kappa shape index (κ3) is 2.22. The Morgan fingerprint density at radius 1 is 1.33 bits per heavy atom. The van der Waals surface area contributed by atoms with Crippen molar-refractivity contribution < 1.29 is 0 Å². The van der Waals surface area contributed by atoms with E-state index in [9.17, 15) is 0 Å². The molecule has 0 unspecified atom stereocenters. The lowest BCUT2D eigenvalue weighted by Crippen LogP contribution is -1.86. The lowest BCUT2D eigenvalue weighted by molar-refractivity contribution is 1.43. The van der Waals surface area contributed by atoms with Gasteiger partial charge in [0.15, 0.2) is 0 Å². The van der Waals surface area contributed by atoms with E-state index in [0.717, 1.165) is 10.6 Å². The van der Waals surface area contributed by atoms with Crippen LogP contribution in [0.15, 0.2) is 17.0 Å². The maximum atomic E-state index is 5.93. The van der Waals surface area contributed by atoms with Crippen molar-refractivity contribution in [2.24, 2.45) is 0 Å². The van der Waals surface area contributed by atoms with Gasteiger partial charge < -0.3 is 5.73 Å². The topological polar surface area (TPSA) is 26.0 Å². The second-order valence-corrected chi connectivity index (χ2v) is 4.34. The summed E-state index contributed by atoms with van der Waals surface area (Å²) >= 11 is 13.5. The van der Waals surface area contributed by atoms with Crippen LogP contribution in [-0.2, 0) is 0 Å². The predicted molar refractivity (Wildman–Crippen MR) is 57.3 cm³/mol. The van der Waals surface area contributed by atoms with Gasteiger partial charge in [-0.2, -0.15) is 0 Å². The number of thioether (sulfide) groups is 1. The molecule has 0 aromatic heterocycles. The monoisotopic (exact) mass is 221 g/mol. The van der Waals surface area contributed by atoms with E-state index in [1.54, 1.807) is 23.9 Å². The molecule has 0 spiro atoms. The van der Waals surface area contributed by atoms with Gasteiger partial charge >= 0.3 is 0 Å². The molecule has 66 valence electrons. The Balaban J connectivity index is 3.10. The Morgan fingerprint density at radius 2 is 1.83 bits per heavy atom. The zero-order valence-corrected chi connectivity index (χ0v) is 8.93. The molecular formula is C8H9Cl2NS. The normalized spacial score (nSPS) is 10.2. The van der Waals surface area contributed by atoms with Gasteiger partial charge in [0.2, 0.25) is 0 Å². The number of nitrogen functional groups attached to an aromatic ring is 1. The highest BCUT2D eigenvalue weighted by Crippen LogP contribution is 2.35. The fraction of sp³-hybridized carbons (Fsp3) is 0.250. The average Bonchev–Trinajstić information content (AvgIpc) is 1.96. The molecule has 0 amide bonds. The van der Waals surface area contributed by atoms with E-state index in [1.165, 1.54) is 0 Å². The van der Waals surface area contributed by atoms with Crippen LogP contribution < -0.4 is 5.73 Å². The molecule has 1 aromatic rings. The summed E-state index contributed by atoms with van der Waals surface area (Å²) < 4.78 is 0. The van der Waals surface area contributed by atoms with Crippen LogP contribution in [0.5, 0.6) is 0 Å². The smallest absolute Gasteiger partial charge is 0.0577 e. The standard InChI is InChI=1S/C8H9Cl2NS/c1-2-12-8-6(9)3-5(11)4-7(8)10/h3-4H,2,11H2,1H3. The first-order valence-corrected chi connectivity index (χ1v) is 5.26. The molecule has 0 aliphatic carbocycles. The zero-order chi connectivity index (χ0) is 9.14. The number of hydrogen-bond donors (Lipinski definition) is 1.